The van der Waals surface area contributed by atoms with Crippen LogP contribution in [0.4, 0.5) is 0 Å². The van der Waals surface area contributed by atoms with Gasteiger partial charge in [0.25, 0.3) is 0 Å². The number of hydrogen-bond donors (Lipinski definition) is 1. The predicted molar refractivity (Wildman–Crippen MR) is 106 cm³/mol. The Morgan fingerprint density at radius 3 is 2.56 bits per heavy atom. The summed E-state index contributed by atoms with van der Waals surface area (Å²) in [4.78, 5) is 7.08. The topological polar surface area (TPSA) is 63.4 Å². The quantitative estimate of drug-likeness (QED) is 0.843. The van der Waals surface area contributed by atoms with Crippen LogP contribution in [0.2, 0.25) is 0 Å². The fourth-order valence-corrected chi connectivity index (χ4v) is 3.57. The average Bonchev–Trinajstić information content (AvgIpc) is 3.03. The molecule has 1 atom stereocenters. The number of ether oxygens (including phenoxy) is 1. The molecule has 0 aliphatic carbocycles. The van der Waals surface area contributed by atoms with Crippen molar-refractivity contribution in [1.82, 2.24) is 19.7 Å². The van der Waals surface area contributed by atoms with Crippen LogP contribution in [0.1, 0.15) is 63.3 Å². The Hall–Kier alpha value is -1.92. The zero-order valence-corrected chi connectivity index (χ0v) is 17.0. The van der Waals surface area contributed by atoms with Crippen molar-refractivity contribution in [2.75, 3.05) is 20.2 Å². The van der Waals surface area contributed by atoms with E-state index >= 15 is 0 Å². The number of aliphatic hydroxyl groups excluding tert-OH is 1. The van der Waals surface area contributed by atoms with Crippen molar-refractivity contribution < 1.29 is 9.84 Å². The summed E-state index contributed by atoms with van der Waals surface area (Å²) < 4.78 is 7.75. The molecule has 1 fully saturated rings. The fourth-order valence-electron chi connectivity index (χ4n) is 3.57. The van der Waals surface area contributed by atoms with E-state index in [2.05, 4.69) is 50.0 Å². The third-order valence-electron chi connectivity index (χ3n) is 5.21. The van der Waals surface area contributed by atoms with Crippen molar-refractivity contribution in [3.8, 4) is 5.75 Å². The SMILES string of the molecule is CN1CCCC[C@H]1c1nc(COc2ccc(C(C)(C)C)cc2)nn1CCO. The minimum absolute atomic E-state index is 0.0569. The highest BCUT2D eigenvalue weighted by Crippen LogP contribution is 2.29. The third-order valence-corrected chi connectivity index (χ3v) is 5.21. The van der Waals surface area contributed by atoms with Gasteiger partial charge in [-0.05, 0) is 49.5 Å². The first-order valence-corrected chi connectivity index (χ1v) is 9.86. The highest BCUT2D eigenvalue weighted by atomic mass is 16.5. The maximum atomic E-state index is 9.38. The third kappa shape index (κ3) is 4.87. The summed E-state index contributed by atoms with van der Waals surface area (Å²) in [6, 6.07) is 8.48. The lowest BCUT2D eigenvalue weighted by Crippen LogP contribution is -2.32. The van der Waals surface area contributed by atoms with Crippen molar-refractivity contribution in [3.05, 3.63) is 41.5 Å². The molecule has 1 aliphatic rings. The second kappa shape index (κ2) is 8.40. The van der Waals surface area contributed by atoms with Crippen LogP contribution in [-0.4, -0.2) is 45.0 Å². The smallest absolute Gasteiger partial charge is 0.188 e. The van der Waals surface area contributed by atoms with Crippen LogP contribution in [0, 0.1) is 0 Å². The number of likely N-dealkylation sites (tertiary alicyclic amines) is 1. The van der Waals surface area contributed by atoms with Gasteiger partial charge in [0.2, 0.25) is 0 Å². The fraction of sp³-hybridized carbons (Fsp3) is 0.619. The summed E-state index contributed by atoms with van der Waals surface area (Å²) in [5.74, 6) is 2.42. The molecule has 0 amide bonds. The van der Waals surface area contributed by atoms with Crippen molar-refractivity contribution in [1.29, 1.82) is 0 Å². The molecule has 1 aliphatic heterocycles. The normalized spacial score (nSPS) is 18.6. The number of nitrogens with zero attached hydrogens (tertiary/aromatic N) is 4. The summed E-state index contributed by atoms with van der Waals surface area (Å²) in [5.41, 5.74) is 1.41. The van der Waals surface area contributed by atoms with Gasteiger partial charge < -0.3 is 9.84 Å². The number of rotatable bonds is 6. The number of aliphatic hydroxyl groups is 1. The van der Waals surface area contributed by atoms with E-state index in [4.69, 9.17) is 9.72 Å². The zero-order valence-electron chi connectivity index (χ0n) is 17.0. The standard InChI is InChI=1S/C21H32N4O2/c1-21(2,3)16-8-10-17(11-9-16)27-15-19-22-20(25(23-19)13-14-26)18-7-5-6-12-24(18)4/h8-11,18,26H,5-7,12-15H2,1-4H3/t18-/m0/s1. The van der Waals surface area contributed by atoms with E-state index < -0.39 is 0 Å². The molecule has 0 saturated carbocycles. The summed E-state index contributed by atoms with van der Waals surface area (Å²) in [6.45, 7) is 8.52. The second-order valence-electron chi connectivity index (χ2n) is 8.39. The first kappa shape index (κ1) is 19.8. The van der Waals surface area contributed by atoms with Crippen LogP contribution in [0.15, 0.2) is 24.3 Å². The molecule has 1 aromatic heterocycles. The van der Waals surface area contributed by atoms with Gasteiger partial charge in [-0.1, -0.05) is 39.3 Å². The molecular formula is C21H32N4O2. The Morgan fingerprint density at radius 1 is 1.19 bits per heavy atom. The van der Waals surface area contributed by atoms with Gasteiger partial charge in [0.05, 0.1) is 19.2 Å². The molecule has 148 valence electrons. The van der Waals surface area contributed by atoms with Crippen LogP contribution in [0.5, 0.6) is 5.75 Å². The molecule has 0 bridgehead atoms. The van der Waals surface area contributed by atoms with Crippen LogP contribution in [-0.2, 0) is 18.6 Å². The van der Waals surface area contributed by atoms with E-state index in [-0.39, 0.29) is 18.1 Å². The number of aromatic nitrogens is 3. The molecule has 2 aromatic rings. The molecule has 27 heavy (non-hydrogen) atoms. The van der Waals surface area contributed by atoms with Crippen LogP contribution < -0.4 is 4.74 Å². The Labute approximate surface area is 162 Å². The number of piperidine rings is 1. The largest absolute Gasteiger partial charge is 0.486 e. The number of benzene rings is 1. The first-order valence-electron chi connectivity index (χ1n) is 9.86. The van der Waals surface area contributed by atoms with Crippen molar-refractivity contribution in [2.45, 2.75) is 64.6 Å². The predicted octanol–water partition coefficient (Wildman–Crippen LogP) is 3.30. The Morgan fingerprint density at radius 2 is 1.93 bits per heavy atom. The summed E-state index contributed by atoms with van der Waals surface area (Å²) >= 11 is 0. The van der Waals surface area contributed by atoms with E-state index in [1.54, 1.807) is 0 Å². The first-order chi connectivity index (χ1) is 12.9. The van der Waals surface area contributed by atoms with Crippen molar-refractivity contribution in [2.24, 2.45) is 0 Å². The van der Waals surface area contributed by atoms with E-state index in [9.17, 15) is 5.11 Å². The van der Waals surface area contributed by atoms with Crippen molar-refractivity contribution >= 4 is 0 Å². The van der Waals surface area contributed by atoms with Gasteiger partial charge >= 0.3 is 0 Å². The molecule has 6 nitrogen and oxygen atoms in total. The lowest BCUT2D eigenvalue weighted by atomic mass is 9.87. The molecule has 1 saturated heterocycles. The van der Waals surface area contributed by atoms with E-state index in [0.29, 0.717) is 19.0 Å². The van der Waals surface area contributed by atoms with Gasteiger partial charge in [-0.2, -0.15) is 5.10 Å². The summed E-state index contributed by atoms with van der Waals surface area (Å²) in [7, 11) is 2.13. The van der Waals surface area contributed by atoms with E-state index in [1.807, 2.05) is 16.8 Å². The van der Waals surface area contributed by atoms with E-state index in [0.717, 1.165) is 24.5 Å². The van der Waals surface area contributed by atoms with Gasteiger partial charge in [0.1, 0.15) is 18.2 Å². The van der Waals surface area contributed by atoms with Gasteiger partial charge in [0, 0.05) is 0 Å². The summed E-state index contributed by atoms with van der Waals surface area (Å²) in [5, 5.41) is 14.0. The lowest BCUT2D eigenvalue weighted by Gasteiger charge is -2.31. The van der Waals surface area contributed by atoms with E-state index in [1.165, 1.54) is 18.4 Å². The molecule has 3 rings (SSSR count). The van der Waals surface area contributed by atoms with Crippen LogP contribution in [0.3, 0.4) is 0 Å². The molecule has 1 N–H and O–H groups in total. The Balaban J connectivity index is 1.70. The van der Waals surface area contributed by atoms with Gasteiger partial charge in [-0.25, -0.2) is 9.67 Å². The maximum absolute atomic E-state index is 9.38. The Kier molecular flexibility index (Phi) is 6.17. The van der Waals surface area contributed by atoms with Crippen LogP contribution in [0.25, 0.3) is 0 Å². The van der Waals surface area contributed by atoms with Crippen molar-refractivity contribution in [3.63, 3.8) is 0 Å². The van der Waals surface area contributed by atoms with Gasteiger partial charge in [-0.3, -0.25) is 4.90 Å². The molecule has 0 spiro atoms. The average molecular weight is 373 g/mol. The van der Waals surface area contributed by atoms with Gasteiger partial charge in [0.15, 0.2) is 5.82 Å². The minimum Gasteiger partial charge on any atom is -0.486 e. The zero-order chi connectivity index (χ0) is 19.4. The summed E-state index contributed by atoms with van der Waals surface area (Å²) in [6.07, 6.45) is 3.50. The monoisotopic (exact) mass is 372 g/mol. The molecule has 0 unspecified atom stereocenters. The number of hydrogen-bond acceptors (Lipinski definition) is 5. The molecular weight excluding hydrogens is 340 g/mol. The Bertz CT molecular complexity index is 734. The maximum Gasteiger partial charge on any atom is 0.188 e. The lowest BCUT2D eigenvalue weighted by molar-refractivity contribution is 0.170. The molecule has 6 heteroatoms. The highest BCUT2D eigenvalue weighted by molar-refractivity contribution is 5.31. The van der Waals surface area contributed by atoms with Gasteiger partial charge in [-0.15, -0.1) is 0 Å². The molecule has 2 heterocycles. The second-order valence-corrected chi connectivity index (χ2v) is 8.39. The van der Waals surface area contributed by atoms with Crippen LogP contribution >= 0.6 is 0 Å². The minimum atomic E-state index is 0.0569. The highest BCUT2D eigenvalue weighted by Gasteiger charge is 2.26. The molecule has 1 aromatic carbocycles. The molecule has 0 radical (unpaired) electrons.